The van der Waals surface area contributed by atoms with Gasteiger partial charge in [0.25, 0.3) is 0 Å². The predicted octanol–water partition coefficient (Wildman–Crippen LogP) is 4.31. The van der Waals surface area contributed by atoms with E-state index in [-0.39, 0.29) is 0 Å². The lowest BCUT2D eigenvalue weighted by atomic mass is 9.67. The van der Waals surface area contributed by atoms with Crippen LogP contribution in [0.4, 0.5) is 5.69 Å². The Morgan fingerprint density at radius 3 is 2.76 bits per heavy atom. The van der Waals surface area contributed by atoms with Crippen LogP contribution in [0.25, 0.3) is 0 Å². The molecule has 0 unspecified atom stereocenters. The zero-order valence-electron chi connectivity index (χ0n) is 10.1. The molecule has 0 heterocycles. The molecule has 0 saturated heterocycles. The summed E-state index contributed by atoms with van der Waals surface area (Å²) in [6.45, 7) is 3.24. The first-order valence-electron chi connectivity index (χ1n) is 6.13. The van der Waals surface area contributed by atoms with Crippen LogP contribution in [-0.2, 0) is 0 Å². The number of anilines is 1. The van der Waals surface area contributed by atoms with Crippen LogP contribution < -0.4 is 5.32 Å². The van der Waals surface area contributed by atoms with Gasteiger partial charge in [-0.15, -0.1) is 0 Å². The van der Waals surface area contributed by atoms with Gasteiger partial charge in [0, 0.05) is 11.0 Å². The van der Waals surface area contributed by atoms with E-state index in [1.807, 2.05) is 18.2 Å². The SMILES string of the molecule is CCC1(CNc2ccc(Br)cc2C#N)CCC1. The first kappa shape index (κ1) is 12.4. The molecule has 0 atom stereocenters. The minimum Gasteiger partial charge on any atom is -0.383 e. The van der Waals surface area contributed by atoms with Crippen molar-refractivity contribution < 1.29 is 0 Å². The first-order chi connectivity index (χ1) is 8.19. The molecule has 17 heavy (non-hydrogen) atoms. The van der Waals surface area contributed by atoms with Crippen LogP contribution in [-0.4, -0.2) is 6.54 Å². The van der Waals surface area contributed by atoms with Gasteiger partial charge in [-0.3, -0.25) is 0 Å². The van der Waals surface area contributed by atoms with E-state index in [0.29, 0.717) is 11.0 Å². The fraction of sp³-hybridized carbons (Fsp3) is 0.500. The molecule has 3 heteroatoms. The second-order valence-electron chi connectivity index (χ2n) is 4.86. The van der Waals surface area contributed by atoms with E-state index in [1.54, 1.807) is 0 Å². The molecule has 1 aliphatic carbocycles. The zero-order chi connectivity index (χ0) is 12.3. The lowest BCUT2D eigenvalue weighted by Crippen LogP contribution is -2.35. The van der Waals surface area contributed by atoms with E-state index in [4.69, 9.17) is 5.26 Å². The number of nitrogens with one attached hydrogen (secondary N) is 1. The molecule has 90 valence electrons. The summed E-state index contributed by atoms with van der Waals surface area (Å²) >= 11 is 3.39. The van der Waals surface area contributed by atoms with Crippen molar-refractivity contribution in [3.63, 3.8) is 0 Å². The Morgan fingerprint density at radius 1 is 1.47 bits per heavy atom. The number of hydrogen-bond donors (Lipinski definition) is 1. The second-order valence-corrected chi connectivity index (χ2v) is 5.78. The molecule has 0 bridgehead atoms. The number of nitrogens with zero attached hydrogens (tertiary/aromatic N) is 1. The third-order valence-corrected chi connectivity index (χ3v) is 4.41. The highest BCUT2D eigenvalue weighted by Crippen LogP contribution is 2.43. The van der Waals surface area contributed by atoms with Gasteiger partial charge in [0.2, 0.25) is 0 Å². The summed E-state index contributed by atoms with van der Waals surface area (Å²) < 4.78 is 0.952. The van der Waals surface area contributed by atoms with E-state index in [0.717, 1.165) is 16.7 Å². The van der Waals surface area contributed by atoms with Crippen LogP contribution in [0.2, 0.25) is 0 Å². The van der Waals surface area contributed by atoms with Crippen LogP contribution in [0.15, 0.2) is 22.7 Å². The summed E-state index contributed by atoms with van der Waals surface area (Å²) in [7, 11) is 0. The molecular weight excluding hydrogens is 276 g/mol. The number of benzene rings is 1. The number of hydrogen-bond acceptors (Lipinski definition) is 2. The molecule has 2 nitrogen and oxygen atoms in total. The van der Waals surface area contributed by atoms with Crippen LogP contribution in [0.5, 0.6) is 0 Å². The highest BCUT2D eigenvalue weighted by Gasteiger charge is 2.34. The van der Waals surface area contributed by atoms with Crippen molar-refractivity contribution in [1.29, 1.82) is 5.26 Å². The van der Waals surface area contributed by atoms with E-state index >= 15 is 0 Å². The fourth-order valence-corrected chi connectivity index (χ4v) is 2.74. The summed E-state index contributed by atoms with van der Waals surface area (Å²) in [4.78, 5) is 0. The molecule has 2 rings (SSSR count). The Morgan fingerprint density at radius 2 is 2.24 bits per heavy atom. The standard InChI is InChI=1S/C14H17BrN2/c1-2-14(6-3-7-14)10-17-13-5-4-12(15)8-11(13)9-16/h4-5,8,17H,2-3,6-7,10H2,1H3. The van der Waals surface area contributed by atoms with Crippen molar-refractivity contribution in [2.45, 2.75) is 32.6 Å². The molecule has 1 saturated carbocycles. The number of nitriles is 1. The average Bonchev–Trinajstić information content (AvgIpc) is 2.29. The molecule has 1 aromatic rings. The van der Waals surface area contributed by atoms with Gasteiger partial charge >= 0.3 is 0 Å². The number of rotatable bonds is 4. The van der Waals surface area contributed by atoms with E-state index in [1.165, 1.54) is 25.7 Å². The maximum Gasteiger partial charge on any atom is 0.101 e. The second kappa shape index (κ2) is 5.10. The van der Waals surface area contributed by atoms with Crippen molar-refractivity contribution >= 4 is 21.6 Å². The topological polar surface area (TPSA) is 35.8 Å². The average molecular weight is 293 g/mol. The Kier molecular flexibility index (Phi) is 3.73. The predicted molar refractivity (Wildman–Crippen MR) is 73.9 cm³/mol. The molecule has 0 spiro atoms. The van der Waals surface area contributed by atoms with Gasteiger partial charge in [0.05, 0.1) is 11.3 Å². The van der Waals surface area contributed by atoms with Crippen LogP contribution in [0.3, 0.4) is 0 Å². The largest absolute Gasteiger partial charge is 0.383 e. The maximum absolute atomic E-state index is 9.09. The van der Waals surface area contributed by atoms with Crippen molar-refractivity contribution in [1.82, 2.24) is 0 Å². The molecule has 1 N–H and O–H groups in total. The molecule has 0 aromatic heterocycles. The number of halogens is 1. The van der Waals surface area contributed by atoms with Crippen molar-refractivity contribution in [2.75, 3.05) is 11.9 Å². The minimum absolute atomic E-state index is 0.472. The quantitative estimate of drug-likeness (QED) is 0.897. The lowest BCUT2D eigenvalue weighted by Gasteiger charge is -2.41. The zero-order valence-corrected chi connectivity index (χ0v) is 11.7. The maximum atomic E-state index is 9.09. The van der Waals surface area contributed by atoms with E-state index < -0.39 is 0 Å². The third kappa shape index (κ3) is 2.63. The Labute approximate surface area is 111 Å². The van der Waals surface area contributed by atoms with Crippen LogP contribution in [0.1, 0.15) is 38.2 Å². The first-order valence-corrected chi connectivity index (χ1v) is 6.92. The van der Waals surface area contributed by atoms with E-state index in [2.05, 4.69) is 34.2 Å². The highest BCUT2D eigenvalue weighted by atomic mass is 79.9. The summed E-state index contributed by atoms with van der Waals surface area (Å²) in [5.41, 5.74) is 2.14. The minimum atomic E-state index is 0.472. The summed E-state index contributed by atoms with van der Waals surface area (Å²) in [5, 5.41) is 12.5. The van der Waals surface area contributed by atoms with Gasteiger partial charge in [0.1, 0.15) is 6.07 Å². The van der Waals surface area contributed by atoms with E-state index in [9.17, 15) is 0 Å². The van der Waals surface area contributed by atoms with Gasteiger partial charge in [-0.25, -0.2) is 0 Å². The van der Waals surface area contributed by atoms with Gasteiger partial charge in [-0.05, 0) is 42.9 Å². The van der Waals surface area contributed by atoms with Crippen LogP contribution >= 0.6 is 15.9 Å². The van der Waals surface area contributed by atoms with Gasteiger partial charge in [-0.2, -0.15) is 5.26 Å². The normalized spacial score (nSPS) is 17.0. The Hall–Kier alpha value is -1.01. The van der Waals surface area contributed by atoms with Gasteiger partial charge in [-0.1, -0.05) is 29.3 Å². The van der Waals surface area contributed by atoms with Gasteiger partial charge in [0.15, 0.2) is 0 Å². The molecule has 0 amide bonds. The van der Waals surface area contributed by atoms with Crippen molar-refractivity contribution in [2.24, 2.45) is 5.41 Å². The third-order valence-electron chi connectivity index (χ3n) is 3.92. The molecule has 0 radical (unpaired) electrons. The van der Waals surface area contributed by atoms with Crippen molar-refractivity contribution in [3.05, 3.63) is 28.2 Å². The summed E-state index contributed by atoms with van der Waals surface area (Å²) in [6.07, 6.45) is 5.20. The fourth-order valence-electron chi connectivity index (χ4n) is 2.38. The molecule has 1 aliphatic rings. The summed E-state index contributed by atoms with van der Waals surface area (Å²) in [5.74, 6) is 0. The Balaban J connectivity index is 2.06. The summed E-state index contributed by atoms with van der Waals surface area (Å²) in [6, 6.07) is 8.05. The lowest BCUT2D eigenvalue weighted by molar-refractivity contribution is 0.145. The smallest absolute Gasteiger partial charge is 0.101 e. The molecule has 1 fully saturated rings. The van der Waals surface area contributed by atoms with Crippen molar-refractivity contribution in [3.8, 4) is 6.07 Å². The molecular formula is C14H17BrN2. The van der Waals surface area contributed by atoms with Gasteiger partial charge < -0.3 is 5.32 Å². The highest BCUT2D eigenvalue weighted by molar-refractivity contribution is 9.10. The Bertz CT molecular complexity index is 439. The molecule has 1 aromatic carbocycles. The molecule has 0 aliphatic heterocycles. The monoisotopic (exact) mass is 292 g/mol. The van der Waals surface area contributed by atoms with Crippen LogP contribution in [0, 0.1) is 16.7 Å².